The number of carboxylic acid groups (broad SMARTS) is 1. The van der Waals surface area contributed by atoms with E-state index in [1.807, 2.05) is 0 Å². The lowest BCUT2D eigenvalue weighted by Crippen LogP contribution is -2.16. The largest absolute Gasteiger partial charge is 0.478 e. The van der Waals surface area contributed by atoms with Crippen molar-refractivity contribution in [2.75, 3.05) is 0 Å². The summed E-state index contributed by atoms with van der Waals surface area (Å²) in [6.07, 6.45) is 0. The average molecular weight is 237 g/mol. The molecule has 3 N–H and O–H groups in total. The molecule has 0 unspecified atom stereocenters. The number of nitrogens with two attached hydrogens (primary N) is 1. The topological polar surface area (TPSA) is 97.5 Å². The molecule has 0 heterocycles. The monoisotopic (exact) mass is 237 g/mol. The van der Waals surface area contributed by atoms with Gasteiger partial charge in [0.2, 0.25) is 10.0 Å². The summed E-state index contributed by atoms with van der Waals surface area (Å²) in [7, 11) is -4.41. The van der Waals surface area contributed by atoms with Crippen LogP contribution in [0.15, 0.2) is 17.0 Å². The number of sulfonamides is 1. The van der Waals surface area contributed by atoms with Gasteiger partial charge in [-0.2, -0.15) is 0 Å². The SMILES string of the molecule is NS(=O)(=O)c1ccc(C(=O)O)c(F)c1F. The Morgan fingerprint density at radius 3 is 2.20 bits per heavy atom. The van der Waals surface area contributed by atoms with Gasteiger partial charge in [0.05, 0.1) is 5.56 Å². The van der Waals surface area contributed by atoms with Crippen LogP contribution in [0, 0.1) is 11.6 Å². The van der Waals surface area contributed by atoms with Gasteiger partial charge < -0.3 is 5.11 Å². The Morgan fingerprint density at radius 1 is 1.27 bits per heavy atom. The number of hydrogen-bond acceptors (Lipinski definition) is 3. The first-order valence-electron chi connectivity index (χ1n) is 3.49. The van der Waals surface area contributed by atoms with Crippen molar-refractivity contribution < 1.29 is 27.1 Å². The van der Waals surface area contributed by atoms with Gasteiger partial charge in [0.25, 0.3) is 0 Å². The lowest BCUT2D eigenvalue weighted by atomic mass is 10.2. The van der Waals surface area contributed by atoms with Crippen LogP contribution in [0.3, 0.4) is 0 Å². The van der Waals surface area contributed by atoms with Crippen molar-refractivity contribution in [2.45, 2.75) is 4.90 Å². The van der Waals surface area contributed by atoms with E-state index in [4.69, 9.17) is 5.11 Å². The van der Waals surface area contributed by atoms with Crippen LogP contribution >= 0.6 is 0 Å². The molecule has 0 aliphatic rings. The lowest BCUT2D eigenvalue weighted by Gasteiger charge is -2.03. The third-order valence-electron chi connectivity index (χ3n) is 1.58. The highest BCUT2D eigenvalue weighted by molar-refractivity contribution is 7.89. The molecule has 1 aromatic carbocycles. The van der Waals surface area contributed by atoms with Crippen LogP contribution in [0.1, 0.15) is 10.4 Å². The second-order valence-corrected chi connectivity index (χ2v) is 4.12. The van der Waals surface area contributed by atoms with E-state index in [-0.39, 0.29) is 0 Å². The minimum absolute atomic E-state index is 0.594. The van der Waals surface area contributed by atoms with Crippen molar-refractivity contribution in [2.24, 2.45) is 5.14 Å². The maximum atomic E-state index is 13.0. The fraction of sp³-hybridized carbons (Fsp3) is 0. The number of aromatic carboxylic acids is 1. The summed E-state index contributed by atoms with van der Waals surface area (Å²) in [5.41, 5.74) is -0.958. The second kappa shape index (κ2) is 3.55. The van der Waals surface area contributed by atoms with Gasteiger partial charge in [-0.3, -0.25) is 0 Å². The van der Waals surface area contributed by atoms with E-state index in [0.717, 1.165) is 0 Å². The highest BCUT2D eigenvalue weighted by Crippen LogP contribution is 2.19. The number of primary sulfonamides is 1. The third-order valence-corrected chi connectivity index (χ3v) is 2.51. The quantitative estimate of drug-likeness (QED) is 0.773. The van der Waals surface area contributed by atoms with Crippen LogP contribution in [0.5, 0.6) is 0 Å². The molecule has 1 aromatic rings. The predicted octanol–water partition coefficient (Wildman–Crippen LogP) is 0.310. The van der Waals surface area contributed by atoms with Gasteiger partial charge in [-0.25, -0.2) is 27.1 Å². The molecule has 0 amide bonds. The summed E-state index contributed by atoms with van der Waals surface area (Å²) in [5, 5.41) is 13.0. The number of carboxylic acids is 1. The molecule has 0 bridgehead atoms. The zero-order valence-electron chi connectivity index (χ0n) is 7.07. The molecule has 82 valence electrons. The number of carbonyl (C=O) groups is 1. The molecule has 0 radical (unpaired) electrons. The van der Waals surface area contributed by atoms with Crippen molar-refractivity contribution in [3.8, 4) is 0 Å². The lowest BCUT2D eigenvalue weighted by molar-refractivity contribution is 0.0690. The van der Waals surface area contributed by atoms with E-state index in [0.29, 0.717) is 12.1 Å². The summed E-state index contributed by atoms with van der Waals surface area (Å²) < 4.78 is 47.4. The average Bonchev–Trinajstić information content (AvgIpc) is 2.06. The van der Waals surface area contributed by atoms with Crippen LogP contribution in [0.4, 0.5) is 8.78 Å². The van der Waals surface area contributed by atoms with Crippen LogP contribution < -0.4 is 5.14 Å². The number of halogens is 2. The molecule has 5 nitrogen and oxygen atoms in total. The van der Waals surface area contributed by atoms with Gasteiger partial charge in [0.15, 0.2) is 11.6 Å². The fourth-order valence-corrected chi connectivity index (χ4v) is 1.51. The number of rotatable bonds is 2. The summed E-state index contributed by atoms with van der Waals surface area (Å²) >= 11 is 0. The summed E-state index contributed by atoms with van der Waals surface area (Å²) in [6, 6.07) is 1.22. The molecule has 1 rings (SSSR count). The Bertz CT molecular complexity index is 526. The van der Waals surface area contributed by atoms with Crippen molar-refractivity contribution in [1.29, 1.82) is 0 Å². The summed E-state index contributed by atoms with van der Waals surface area (Å²) in [4.78, 5) is 9.27. The minimum atomic E-state index is -4.41. The first-order chi connectivity index (χ1) is 6.75. The summed E-state index contributed by atoms with van der Waals surface area (Å²) in [5.74, 6) is -5.25. The first kappa shape index (κ1) is 11.5. The standard InChI is InChI=1S/C7H5F2NO4S/c8-5-3(7(11)12)1-2-4(6(5)9)15(10,13)14/h1-2H,(H,11,12)(H2,10,13,14). The fourth-order valence-electron chi connectivity index (χ4n) is 0.917. The van der Waals surface area contributed by atoms with Gasteiger partial charge >= 0.3 is 5.97 Å². The Hall–Kier alpha value is -1.54. The molecule has 0 spiro atoms. The summed E-state index contributed by atoms with van der Waals surface area (Å²) in [6.45, 7) is 0. The van der Waals surface area contributed by atoms with Crippen LogP contribution in [-0.4, -0.2) is 19.5 Å². The van der Waals surface area contributed by atoms with Gasteiger partial charge in [-0.15, -0.1) is 0 Å². The normalized spacial score (nSPS) is 11.4. The highest BCUT2D eigenvalue weighted by atomic mass is 32.2. The Labute approximate surface area is 83.2 Å². The molecule has 15 heavy (non-hydrogen) atoms. The van der Waals surface area contributed by atoms with E-state index >= 15 is 0 Å². The first-order valence-corrected chi connectivity index (χ1v) is 5.04. The molecular formula is C7H5F2NO4S. The Balaban J connectivity index is 3.55. The highest BCUT2D eigenvalue weighted by Gasteiger charge is 2.23. The molecule has 8 heteroatoms. The minimum Gasteiger partial charge on any atom is -0.478 e. The number of benzene rings is 1. The predicted molar refractivity (Wildman–Crippen MR) is 44.7 cm³/mol. The van der Waals surface area contributed by atoms with E-state index in [9.17, 15) is 22.0 Å². The van der Waals surface area contributed by atoms with Crippen LogP contribution in [-0.2, 0) is 10.0 Å². The molecule has 0 saturated carbocycles. The molecule has 0 aliphatic heterocycles. The van der Waals surface area contributed by atoms with Crippen molar-refractivity contribution in [3.05, 3.63) is 29.3 Å². The molecule has 0 aromatic heterocycles. The zero-order valence-corrected chi connectivity index (χ0v) is 7.88. The van der Waals surface area contributed by atoms with Gasteiger partial charge in [-0.05, 0) is 12.1 Å². The molecule has 0 fully saturated rings. The third kappa shape index (κ3) is 2.10. The maximum absolute atomic E-state index is 13.0. The second-order valence-electron chi connectivity index (χ2n) is 2.59. The number of hydrogen-bond donors (Lipinski definition) is 2. The van der Waals surface area contributed by atoms with Gasteiger partial charge in [-0.1, -0.05) is 0 Å². The Morgan fingerprint density at radius 2 is 1.80 bits per heavy atom. The van der Waals surface area contributed by atoms with Gasteiger partial charge in [0, 0.05) is 0 Å². The van der Waals surface area contributed by atoms with Crippen molar-refractivity contribution >= 4 is 16.0 Å². The zero-order chi connectivity index (χ0) is 11.8. The van der Waals surface area contributed by atoms with E-state index in [1.54, 1.807) is 0 Å². The smallest absolute Gasteiger partial charge is 0.338 e. The van der Waals surface area contributed by atoms with Crippen LogP contribution in [0.25, 0.3) is 0 Å². The van der Waals surface area contributed by atoms with Crippen LogP contribution in [0.2, 0.25) is 0 Å². The van der Waals surface area contributed by atoms with E-state index < -0.39 is 38.1 Å². The molecular weight excluding hydrogens is 232 g/mol. The molecule has 0 aliphatic carbocycles. The molecule has 0 atom stereocenters. The van der Waals surface area contributed by atoms with Crippen molar-refractivity contribution in [1.82, 2.24) is 0 Å². The van der Waals surface area contributed by atoms with E-state index in [2.05, 4.69) is 5.14 Å². The van der Waals surface area contributed by atoms with E-state index in [1.165, 1.54) is 0 Å². The Kier molecular flexibility index (Phi) is 2.73. The maximum Gasteiger partial charge on any atom is 0.338 e. The van der Waals surface area contributed by atoms with Gasteiger partial charge in [0.1, 0.15) is 4.90 Å². The van der Waals surface area contributed by atoms with Crippen molar-refractivity contribution in [3.63, 3.8) is 0 Å². The molecule has 0 saturated heterocycles.